The monoisotopic (exact) mass is 517 g/mol. The van der Waals surface area contributed by atoms with Crippen molar-refractivity contribution in [3.8, 4) is 0 Å². The zero-order chi connectivity index (χ0) is 26.1. The van der Waals surface area contributed by atoms with Gasteiger partial charge in [-0.25, -0.2) is 0 Å². The first-order valence-corrected chi connectivity index (χ1v) is 10.0. The van der Waals surface area contributed by atoms with E-state index in [1.807, 2.05) is 5.32 Å². The van der Waals surface area contributed by atoms with E-state index in [0.717, 1.165) is 10.9 Å². The lowest BCUT2D eigenvalue weighted by Crippen LogP contribution is -2.41. The molecule has 3 heterocycles. The van der Waals surface area contributed by atoms with Crippen LogP contribution in [0.1, 0.15) is 34.7 Å². The van der Waals surface area contributed by atoms with Crippen LogP contribution in [0.3, 0.4) is 0 Å². The predicted molar refractivity (Wildman–Crippen MR) is 98.8 cm³/mol. The van der Waals surface area contributed by atoms with Crippen LogP contribution in [0.5, 0.6) is 0 Å². The summed E-state index contributed by atoms with van der Waals surface area (Å²) in [5.74, 6) is -4.00. The van der Waals surface area contributed by atoms with Gasteiger partial charge in [0, 0.05) is 36.8 Å². The second-order valence-corrected chi connectivity index (χ2v) is 8.38. The second kappa shape index (κ2) is 8.11. The molecule has 2 aliphatic rings. The van der Waals surface area contributed by atoms with Crippen molar-refractivity contribution in [3.63, 3.8) is 0 Å². The SMILES string of the molecule is Cn1cc(C2C3OC(CC3O)C2C(=O)Nc2cc(C(F)(F)F)cc(C(F)(F)F)c2)c(C(F)(F)F)n1. The summed E-state index contributed by atoms with van der Waals surface area (Å²) in [6.45, 7) is 0. The fourth-order valence-corrected chi connectivity index (χ4v) is 4.64. The van der Waals surface area contributed by atoms with Gasteiger partial charge in [0.15, 0.2) is 5.69 Å². The second-order valence-electron chi connectivity index (χ2n) is 8.38. The topological polar surface area (TPSA) is 76.4 Å². The van der Waals surface area contributed by atoms with E-state index in [1.54, 1.807) is 0 Å². The lowest BCUT2D eigenvalue weighted by molar-refractivity contribution is -0.143. The van der Waals surface area contributed by atoms with E-state index in [1.165, 1.54) is 7.05 Å². The van der Waals surface area contributed by atoms with Crippen LogP contribution in [0.4, 0.5) is 45.2 Å². The number of aryl methyl sites for hydroxylation is 1. The number of carbonyl (C=O) groups is 1. The molecule has 2 N–H and O–H groups in total. The number of amides is 1. The van der Waals surface area contributed by atoms with Crippen molar-refractivity contribution >= 4 is 11.6 Å². The summed E-state index contributed by atoms with van der Waals surface area (Å²) in [4.78, 5) is 13.0. The Morgan fingerprint density at radius 3 is 2.11 bits per heavy atom. The molecule has 0 saturated carbocycles. The highest BCUT2D eigenvalue weighted by Crippen LogP contribution is 2.51. The first-order chi connectivity index (χ1) is 16.0. The number of hydrogen-bond acceptors (Lipinski definition) is 4. The minimum atomic E-state index is -5.17. The van der Waals surface area contributed by atoms with E-state index in [9.17, 15) is 49.4 Å². The van der Waals surface area contributed by atoms with E-state index in [2.05, 4.69) is 5.10 Å². The summed E-state index contributed by atoms with van der Waals surface area (Å²) in [5, 5.41) is 15.5. The Morgan fingerprint density at radius 1 is 1.03 bits per heavy atom. The van der Waals surface area contributed by atoms with Gasteiger partial charge < -0.3 is 15.2 Å². The number of aliphatic hydroxyl groups is 1. The number of anilines is 1. The Bertz CT molecular complexity index is 1110. The van der Waals surface area contributed by atoms with Gasteiger partial charge in [0.2, 0.25) is 5.91 Å². The lowest BCUT2D eigenvalue weighted by Gasteiger charge is -2.30. The molecule has 1 aromatic carbocycles. The summed E-state index contributed by atoms with van der Waals surface area (Å²) in [6.07, 6.45) is -18.1. The predicted octanol–water partition coefficient (Wildman–Crippen LogP) is 4.35. The molecular formula is C20H16F9N3O3. The number of alkyl halides is 9. The zero-order valence-electron chi connectivity index (χ0n) is 17.5. The average Bonchev–Trinajstić information content (AvgIpc) is 3.37. The fraction of sp³-hybridized carbons (Fsp3) is 0.500. The standard InChI is InChI=1S/C20H16F9N3O3/c1-32-6-10(16(31-32)20(27,28)29)13-14(12-5-11(33)15(13)35-12)17(34)30-9-3-7(18(21,22)23)2-8(4-9)19(24,25)26/h2-4,6,11-15,33H,5H2,1H3,(H,30,34). The molecule has 2 fully saturated rings. The maximum absolute atomic E-state index is 13.5. The van der Waals surface area contributed by atoms with Crippen LogP contribution < -0.4 is 5.32 Å². The Hall–Kier alpha value is -2.81. The molecule has 2 aromatic rings. The van der Waals surface area contributed by atoms with E-state index in [4.69, 9.17) is 4.74 Å². The molecule has 4 rings (SSSR count). The van der Waals surface area contributed by atoms with E-state index >= 15 is 0 Å². The third-order valence-corrected chi connectivity index (χ3v) is 5.97. The van der Waals surface area contributed by atoms with Crippen molar-refractivity contribution in [2.45, 2.75) is 49.2 Å². The molecule has 2 bridgehead atoms. The Morgan fingerprint density at radius 2 is 1.60 bits per heavy atom. The molecule has 2 saturated heterocycles. The molecule has 0 spiro atoms. The van der Waals surface area contributed by atoms with Gasteiger partial charge in [0.25, 0.3) is 0 Å². The third kappa shape index (κ3) is 4.70. The molecule has 1 aromatic heterocycles. The van der Waals surface area contributed by atoms with Gasteiger partial charge in [-0.3, -0.25) is 9.48 Å². The molecule has 192 valence electrons. The maximum Gasteiger partial charge on any atom is 0.435 e. The molecule has 5 atom stereocenters. The van der Waals surface area contributed by atoms with Gasteiger partial charge >= 0.3 is 18.5 Å². The number of nitrogens with one attached hydrogen (secondary N) is 1. The number of hydrogen-bond donors (Lipinski definition) is 2. The summed E-state index contributed by atoms with van der Waals surface area (Å²) >= 11 is 0. The Kier molecular flexibility index (Phi) is 5.86. The van der Waals surface area contributed by atoms with Crippen LogP contribution in [0, 0.1) is 5.92 Å². The zero-order valence-corrected chi connectivity index (χ0v) is 17.5. The van der Waals surface area contributed by atoms with Gasteiger partial charge in [0.1, 0.15) is 0 Å². The highest BCUT2D eigenvalue weighted by Gasteiger charge is 2.59. The maximum atomic E-state index is 13.5. The van der Waals surface area contributed by atoms with Crippen molar-refractivity contribution in [2.24, 2.45) is 13.0 Å². The number of ether oxygens (including phenoxy) is 1. The third-order valence-electron chi connectivity index (χ3n) is 5.97. The lowest BCUT2D eigenvalue weighted by atomic mass is 9.73. The van der Waals surface area contributed by atoms with Crippen LogP contribution in [-0.2, 0) is 35.1 Å². The van der Waals surface area contributed by atoms with E-state index < -0.39 is 82.7 Å². The highest BCUT2D eigenvalue weighted by molar-refractivity contribution is 5.94. The molecule has 5 unspecified atom stereocenters. The molecule has 2 aliphatic heterocycles. The normalized spacial score (nSPS) is 26.9. The molecule has 6 nitrogen and oxygen atoms in total. The molecular weight excluding hydrogens is 501 g/mol. The van der Waals surface area contributed by atoms with Gasteiger partial charge in [-0.15, -0.1) is 0 Å². The van der Waals surface area contributed by atoms with Crippen LogP contribution >= 0.6 is 0 Å². The first-order valence-electron chi connectivity index (χ1n) is 10.0. The number of aromatic nitrogens is 2. The van der Waals surface area contributed by atoms with Crippen molar-refractivity contribution in [1.82, 2.24) is 9.78 Å². The van der Waals surface area contributed by atoms with Gasteiger partial charge in [0.05, 0.1) is 35.4 Å². The summed E-state index contributed by atoms with van der Waals surface area (Å²) in [7, 11) is 1.19. The number of benzene rings is 1. The molecule has 0 aliphatic carbocycles. The number of aliphatic hydroxyl groups excluding tert-OH is 1. The quantitative estimate of drug-likeness (QED) is 0.594. The largest absolute Gasteiger partial charge is 0.435 e. The van der Waals surface area contributed by atoms with Crippen LogP contribution in [-0.4, -0.2) is 39.1 Å². The molecule has 0 radical (unpaired) electrons. The number of nitrogens with zero attached hydrogens (tertiary/aromatic N) is 2. The highest BCUT2D eigenvalue weighted by atomic mass is 19.4. The number of halogens is 9. The summed E-state index contributed by atoms with van der Waals surface area (Å²) in [5.41, 5.74) is -6.02. The van der Waals surface area contributed by atoms with Gasteiger partial charge in [-0.1, -0.05) is 0 Å². The first kappa shape index (κ1) is 25.3. The average molecular weight is 517 g/mol. The van der Waals surface area contributed by atoms with E-state index in [-0.39, 0.29) is 24.6 Å². The Balaban J connectivity index is 1.72. The fourth-order valence-electron chi connectivity index (χ4n) is 4.64. The van der Waals surface area contributed by atoms with Crippen molar-refractivity contribution < 1.29 is 54.2 Å². The van der Waals surface area contributed by atoms with Crippen LogP contribution in [0.15, 0.2) is 24.4 Å². The van der Waals surface area contributed by atoms with E-state index in [0.29, 0.717) is 0 Å². The van der Waals surface area contributed by atoms with Crippen LogP contribution in [0.2, 0.25) is 0 Å². The Labute approximate surface area is 190 Å². The molecule has 15 heteroatoms. The smallest absolute Gasteiger partial charge is 0.390 e. The minimum Gasteiger partial charge on any atom is -0.390 e. The number of rotatable bonds is 3. The molecule has 1 amide bonds. The number of fused-ring (bicyclic) bond motifs is 2. The van der Waals surface area contributed by atoms with Crippen LogP contribution in [0.25, 0.3) is 0 Å². The molecule has 35 heavy (non-hydrogen) atoms. The van der Waals surface area contributed by atoms with Gasteiger partial charge in [-0.2, -0.15) is 44.6 Å². The van der Waals surface area contributed by atoms with Gasteiger partial charge in [-0.05, 0) is 18.2 Å². The van der Waals surface area contributed by atoms with Crippen molar-refractivity contribution in [3.05, 3.63) is 46.8 Å². The van der Waals surface area contributed by atoms with Crippen molar-refractivity contribution in [2.75, 3.05) is 5.32 Å². The number of carbonyl (C=O) groups excluding carboxylic acids is 1. The summed E-state index contributed by atoms with van der Waals surface area (Å²) in [6, 6.07) is 0.452. The van der Waals surface area contributed by atoms with Crippen molar-refractivity contribution in [1.29, 1.82) is 0 Å². The summed E-state index contributed by atoms with van der Waals surface area (Å²) < 4.78 is 126. The minimum absolute atomic E-state index is 0.124.